The molecule has 2 aliphatic heterocycles. The highest BCUT2D eigenvalue weighted by Gasteiger charge is 2.36. The molecule has 2 saturated heterocycles. The van der Waals surface area contributed by atoms with Crippen LogP contribution in [0.2, 0.25) is 10.0 Å². The highest BCUT2D eigenvalue weighted by atomic mass is 35.5. The minimum Gasteiger partial charge on any atom is -0.339 e. The zero-order chi connectivity index (χ0) is 17.6. The standard InChI is InChI=1S/C18H20Cl2N4O/c1-23(15-7-13-3-4-14(8-15)22-13)18(25)11-9-21-24(10-11)17-5-2-12(19)6-16(17)20/h2,5-6,9-10,13-15,22H,3-4,7-8H2,1H3. The zero-order valence-electron chi connectivity index (χ0n) is 14.0. The molecule has 7 heteroatoms. The van der Waals surface area contributed by atoms with Crippen LogP contribution in [0, 0.1) is 0 Å². The molecule has 0 spiro atoms. The Morgan fingerprint density at radius 1 is 1.28 bits per heavy atom. The molecular weight excluding hydrogens is 359 g/mol. The molecule has 0 saturated carbocycles. The Morgan fingerprint density at radius 3 is 2.68 bits per heavy atom. The van der Waals surface area contributed by atoms with Crippen LogP contribution >= 0.6 is 23.2 Å². The zero-order valence-corrected chi connectivity index (χ0v) is 15.5. The van der Waals surface area contributed by atoms with E-state index in [2.05, 4.69) is 10.4 Å². The van der Waals surface area contributed by atoms with Gasteiger partial charge in [0.1, 0.15) is 0 Å². The van der Waals surface area contributed by atoms with E-state index in [9.17, 15) is 4.79 Å². The molecule has 1 amide bonds. The summed E-state index contributed by atoms with van der Waals surface area (Å²) >= 11 is 12.2. The minimum atomic E-state index is 0.00244. The number of amides is 1. The number of benzene rings is 1. The molecule has 0 aliphatic carbocycles. The van der Waals surface area contributed by atoms with Gasteiger partial charge >= 0.3 is 0 Å². The first-order valence-corrected chi connectivity index (χ1v) is 9.30. The molecule has 3 heterocycles. The second-order valence-corrected chi connectivity index (χ2v) is 7.79. The van der Waals surface area contributed by atoms with Gasteiger partial charge in [-0.3, -0.25) is 4.79 Å². The van der Waals surface area contributed by atoms with Crippen LogP contribution in [0.15, 0.2) is 30.6 Å². The van der Waals surface area contributed by atoms with Crippen LogP contribution in [-0.2, 0) is 0 Å². The fourth-order valence-corrected chi connectivity index (χ4v) is 4.44. The maximum Gasteiger partial charge on any atom is 0.257 e. The van der Waals surface area contributed by atoms with Crippen molar-refractivity contribution in [1.29, 1.82) is 0 Å². The highest BCUT2D eigenvalue weighted by molar-refractivity contribution is 6.35. The smallest absolute Gasteiger partial charge is 0.257 e. The number of rotatable bonds is 3. The summed E-state index contributed by atoms with van der Waals surface area (Å²) in [5.41, 5.74) is 1.27. The fourth-order valence-electron chi connectivity index (χ4n) is 3.94. The molecule has 1 aromatic carbocycles. The monoisotopic (exact) mass is 378 g/mol. The van der Waals surface area contributed by atoms with Crippen LogP contribution in [0.4, 0.5) is 0 Å². The number of fused-ring (bicyclic) bond motifs is 2. The molecule has 4 rings (SSSR count). The van der Waals surface area contributed by atoms with Crippen molar-refractivity contribution < 1.29 is 4.79 Å². The van der Waals surface area contributed by atoms with Crippen LogP contribution in [0.3, 0.4) is 0 Å². The van der Waals surface area contributed by atoms with E-state index < -0.39 is 0 Å². The SMILES string of the molecule is CN(C(=O)c1cnn(-c2ccc(Cl)cc2Cl)c1)C1CC2CCC(C1)N2. The summed E-state index contributed by atoms with van der Waals surface area (Å²) < 4.78 is 1.62. The predicted octanol–water partition coefficient (Wildman–Crippen LogP) is 3.53. The number of hydrogen-bond donors (Lipinski definition) is 1. The van der Waals surface area contributed by atoms with E-state index in [0.717, 1.165) is 12.8 Å². The summed E-state index contributed by atoms with van der Waals surface area (Å²) in [5, 5.41) is 8.97. The maximum absolute atomic E-state index is 12.9. The van der Waals surface area contributed by atoms with Crippen molar-refractivity contribution in [2.24, 2.45) is 0 Å². The summed E-state index contributed by atoms with van der Waals surface area (Å²) in [5.74, 6) is 0.00244. The van der Waals surface area contributed by atoms with E-state index in [1.165, 1.54) is 12.8 Å². The van der Waals surface area contributed by atoms with Crippen molar-refractivity contribution in [3.8, 4) is 5.69 Å². The molecule has 0 radical (unpaired) electrons. The average molecular weight is 379 g/mol. The lowest BCUT2D eigenvalue weighted by Gasteiger charge is -2.35. The van der Waals surface area contributed by atoms with Crippen LogP contribution in [0.5, 0.6) is 0 Å². The van der Waals surface area contributed by atoms with Gasteiger partial charge in [-0.2, -0.15) is 5.10 Å². The van der Waals surface area contributed by atoms with Gasteiger partial charge < -0.3 is 10.2 Å². The number of piperidine rings is 1. The molecule has 1 aromatic heterocycles. The Bertz CT molecular complexity index is 794. The summed E-state index contributed by atoms with van der Waals surface area (Å²) in [6.07, 6.45) is 7.81. The number of carbonyl (C=O) groups excluding carboxylic acids is 1. The molecule has 132 valence electrons. The van der Waals surface area contributed by atoms with Crippen LogP contribution in [-0.4, -0.2) is 45.8 Å². The molecule has 2 fully saturated rings. The van der Waals surface area contributed by atoms with Crippen LogP contribution in [0.1, 0.15) is 36.0 Å². The van der Waals surface area contributed by atoms with Crippen molar-refractivity contribution >= 4 is 29.1 Å². The maximum atomic E-state index is 12.9. The number of aromatic nitrogens is 2. The van der Waals surface area contributed by atoms with Crippen molar-refractivity contribution in [3.05, 3.63) is 46.2 Å². The van der Waals surface area contributed by atoms with Crippen LogP contribution in [0.25, 0.3) is 5.69 Å². The quantitative estimate of drug-likeness (QED) is 0.888. The lowest BCUT2D eigenvalue weighted by molar-refractivity contribution is 0.0681. The third-order valence-corrected chi connectivity index (χ3v) is 5.84. The van der Waals surface area contributed by atoms with E-state index in [1.54, 1.807) is 35.3 Å². The molecule has 2 bridgehead atoms. The molecule has 2 aromatic rings. The highest BCUT2D eigenvalue weighted by Crippen LogP contribution is 2.30. The molecule has 2 atom stereocenters. The third-order valence-electron chi connectivity index (χ3n) is 5.30. The Balaban J connectivity index is 1.52. The average Bonchev–Trinajstić information content (AvgIpc) is 3.20. The first kappa shape index (κ1) is 16.9. The van der Waals surface area contributed by atoms with Crippen molar-refractivity contribution in [2.45, 2.75) is 43.8 Å². The van der Waals surface area contributed by atoms with Gasteiger partial charge in [0.25, 0.3) is 5.91 Å². The Morgan fingerprint density at radius 2 is 2.00 bits per heavy atom. The lowest BCUT2D eigenvalue weighted by Crippen LogP contribution is -2.48. The topological polar surface area (TPSA) is 50.2 Å². The van der Waals surface area contributed by atoms with Gasteiger partial charge in [-0.1, -0.05) is 23.2 Å². The van der Waals surface area contributed by atoms with Crippen molar-refractivity contribution in [3.63, 3.8) is 0 Å². The first-order valence-electron chi connectivity index (χ1n) is 8.54. The largest absolute Gasteiger partial charge is 0.339 e. The summed E-state index contributed by atoms with van der Waals surface area (Å²) in [6.45, 7) is 0. The summed E-state index contributed by atoms with van der Waals surface area (Å²) in [7, 11) is 1.89. The second-order valence-electron chi connectivity index (χ2n) is 6.95. The van der Waals surface area contributed by atoms with E-state index in [-0.39, 0.29) is 11.9 Å². The van der Waals surface area contributed by atoms with Gasteiger partial charge in [0.15, 0.2) is 0 Å². The molecular formula is C18H20Cl2N4O. The van der Waals surface area contributed by atoms with Gasteiger partial charge in [-0.05, 0) is 43.9 Å². The van der Waals surface area contributed by atoms with E-state index >= 15 is 0 Å². The van der Waals surface area contributed by atoms with E-state index in [4.69, 9.17) is 23.2 Å². The van der Waals surface area contributed by atoms with E-state index in [1.807, 2.05) is 11.9 Å². The Labute approximate surface area is 156 Å². The fraction of sp³-hybridized carbons (Fsp3) is 0.444. The summed E-state index contributed by atoms with van der Waals surface area (Å²) in [4.78, 5) is 14.7. The number of hydrogen-bond acceptors (Lipinski definition) is 3. The van der Waals surface area contributed by atoms with Gasteiger partial charge in [-0.15, -0.1) is 0 Å². The van der Waals surface area contributed by atoms with E-state index in [0.29, 0.717) is 33.4 Å². The molecule has 5 nitrogen and oxygen atoms in total. The normalized spacial score (nSPS) is 25.2. The van der Waals surface area contributed by atoms with Gasteiger partial charge in [0, 0.05) is 36.4 Å². The van der Waals surface area contributed by atoms with Crippen LogP contribution < -0.4 is 5.32 Å². The van der Waals surface area contributed by atoms with Gasteiger partial charge in [-0.25, -0.2) is 4.68 Å². The van der Waals surface area contributed by atoms with Gasteiger partial charge in [0.05, 0.1) is 22.5 Å². The first-order chi connectivity index (χ1) is 12.0. The number of nitrogens with zero attached hydrogens (tertiary/aromatic N) is 3. The molecule has 2 aliphatic rings. The minimum absolute atomic E-state index is 0.00244. The van der Waals surface area contributed by atoms with Gasteiger partial charge in [0.2, 0.25) is 0 Å². The lowest BCUT2D eigenvalue weighted by atomic mass is 9.98. The Hall–Kier alpha value is -1.56. The van der Waals surface area contributed by atoms with Crippen molar-refractivity contribution in [2.75, 3.05) is 7.05 Å². The number of carbonyl (C=O) groups is 1. The second kappa shape index (κ2) is 6.63. The molecule has 25 heavy (non-hydrogen) atoms. The molecule has 1 N–H and O–H groups in total. The predicted molar refractivity (Wildman–Crippen MR) is 98.6 cm³/mol. The summed E-state index contributed by atoms with van der Waals surface area (Å²) in [6, 6.07) is 6.60. The number of halogens is 2. The van der Waals surface area contributed by atoms with Crippen molar-refractivity contribution in [1.82, 2.24) is 20.0 Å². The molecule has 2 unspecified atom stereocenters. The number of nitrogens with one attached hydrogen (secondary N) is 1. The third kappa shape index (κ3) is 3.28. The Kier molecular flexibility index (Phi) is 4.48.